The third-order valence-corrected chi connectivity index (χ3v) is 9.89. The minimum Gasteiger partial charge on any atom is -0.378 e. The fourth-order valence-corrected chi connectivity index (χ4v) is 6.96. The Balaban J connectivity index is 1.33. The van der Waals surface area contributed by atoms with E-state index in [1.165, 1.54) is 6.33 Å². The topological polar surface area (TPSA) is 139 Å². The lowest BCUT2D eigenvalue weighted by atomic mass is 10.1. The lowest BCUT2D eigenvalue weighted by Crippen LogP contribution is -2.37. The molecule has 200 valence electrons. The van der Waals surface area contributed by atoms with E-state index in [-0.39, 0.29) is 4.90 Å². The van der Waals surface area contributed by atoms with E-state index in [1.54, 1.807) is 54.6 Å². The molecule has 6 rings (SSSR count). The summed E-state index contributed by atoms with van der Waals surface area (Å²) < 4.78 is 35.8. The van der Waals surface area contributed by atoms with Crippen LogP contribution in [0.15, 0.2) is 71.9 Å². The van der Waals surface area contributed by atoms with Crippen molar-refractivity contribution in [3.8, 4) is 11.4 Å². The molecule has 2 amide bonds. The monoisotopic (exact) mass is 563 g/mol. The number of morpholine rings is 1. The van der Waals surface area contributed by atoms with Crippen LogP contribution in [-0.4, -0.2) is 60.1 Å². The smallest absolute Gasteiger partial charge is 0.325 e. The Hall–Kier alpha value is -3.94. The van der Waals surface area contributed by atoms with Crippen molar-refractivity contribution in [3.05, 3.63) is 72.7 Å². The van der Waals surface area contributed by atoms with Crippen LogP contribution in [-0.2, 0) is 19.3 Å². The molecule has 2 aromatic carbocycles. The summed E-state index contributed by atoms with van der Waals surface area (Å²) >= 11 is 1.08. The second kappa shape index (κ2) is 10.3. The fraction of sp³-hybridized carbons (Fsp3) is 0.269. The van der Waals surface area contributed by atoms with Gasteiger partial charge in [-0.05, 0) is 49.2 Å². The molecule has 11 nitrogen and oxygen atoms in total. The number of nitrogens with zero attached hydrogens (tertiary/aromatic N) is 5. The van der Waals surface area contributed by atoms with Crippen LogP contribution in [0, 0.1) is 0 Å². The number of aromatic nitrogens is 4. The molecule has 0 unspecified atom stereocenters. The fourth-order valence-electron chi connectivity index (χ4n) is 4.54. The summed E-state index contributed by atoms with van der Waals surface area (Å²) in [6, 6.07) is 17.0. The van der Waals surface area contributed by atoms with Crippen molar-refractivity contribution in [2.24, 2.45) is 0 Å². The van der Waals surface area contributed by atoms with Gasteiger partial charge in [0.15, 0.2) is 15.7 Å². The van der Waals surface area contributed by atoms with Crippen LogP contribution in [0.1, 0.15) is 18.5 Å². The number of sulfone groups is 1. The number of ether oxygens (including phenoxy) is 1. The Morgan fingerprint density at radius 3 is 2.38 bits per heavy atom. The van der Waals surface area contributed by atoms with Gasteiger partial charge in [0.1, 0.15) is 16.9 Å². The molecule has 1 saturated carbocycles. The van der Waals surface area contributed by atoms with Crippen molar-refractivity contribution in [1.29, 1.82) is 0 Å². The molecule has 1 aliphatic heterocycles. The molecule has 3 heterocycles. The van der Waals surface area contributed by atoms with Gasteiger partial charge in [-0.3, -0.25) is 5.32 Å². The van der Waals surface area contributed by atoms with Crippen LogP contribution >= 0.6 is 11.5 Å². The number of hydrogen-bond acceptors (Lipinski definition) is 10. The Bertz CT molecular complexity index is 1570. The number of benzene rings is 2. The standard InChI is InChI=1S/C26H25N7O4S2/c34-24(32-25-27-17-28-38-25)29-19-8-6-18(7-9-19)23-30-21(16-22(31-23)33-12-14-37-15-13-33)26(10-11-26)39(35,36)20-4-2-1-3-5-20/h1-9,16-17H,10-15H2,(H2,27,28,29,32,34). The molecule has 2 fully saturated rings. The van der Waals surface area contributed by atoms with Gasteiger partial charge >= 0.3 is 6.03 Å². The van der Waals surface area contributed by atoms with Crippen LogP contribution < -0.4 is 15.5 Å². The number of anilines is 3. The number of hydrogen-bond donors (Lipinski definition) is 2. The highest BCUT2D eigenvalue weighted by molar-refractivity contribution is 7.92. The minimum absolute atomic E-state index is 0.290. The number of nitrogens with one attached hydrogen (secondary N) is 2. The molecule has 2 N–H and O–H groups in total. The van der Waals surface area contributed by atoms with Crippen LogP contribution in [0.25, 0.3) is 11.4 Å². The SMILES string of the molecule is O=C(Nc1ccc(-c2nc(N3CCOCC3)cc(C3(S(=O)(=O)c4ccccc4)CC3)n2)cc1)Nc1ncns1. The molecule has 2 aromatic heterocycles. The third kappa shape index (κ3) is 5.07. The molecule has 1 aliphatic carbocycles. The maximum Gasteiger partial charge on any atom is 0.325 e. The highest BCUT2D eigenvalue weighted by atomic mass is 32.2. The lowest BCUT2D eigenvalue weighted by molar-refractivity contribution is 0.122. The van der Waals surface area contributed by atoms with Crippen LogP contribution in [0.2, 0.25) is 0 Å². The van der Waals surface area contributed by atoms with Gasteiger partial charge in [0.05, 0.1) is 23.8 Å². The summed E-state index contributed by atoms with van der Waals surface area (Å²) in [5.74, 6) is 1.10. The molecule has 0 spiro atoms. The zero-order valence-corrected chi connectivity index (χ0v) is 22.4. The Labute approximate surface area is 229 Å². The molecule has 0 atom stereocenters. The summed E-state index contributed by atoms with van der Waals surface area (Å²) in [7, 11) is -3.67. The summed E-state index contributed by atoms with van der Waals surface area (Å²) in [5.41, 5.74) is 1.77. The minimum atomic E-state index is -3.67. The van der Waals surface area contributed by atoms with Crippen molar-refractivity contribution in [2.75, 3.05) is 41.8 Å². The second-order valence-corrected chi connectivity index (χ2v) is 12.3. The molecular formula is C26H25N7O4S2. The largest absolute Gasteiger partial charge is 0.378 e. The average molecular weight is 564 g/mol. The van der Waals surface area contributed by atoms with Crippen molar-refractivity contribution in [2.45, 2.75) is 22.5 Å². The quantitative estimate of drug-likeness (QED) is 0.342. The van der Waals surface area contributed by atoms with Gasteiger partial charge in [-0.15, -0.1) is 0 Å². The first-order valence-electron chi connectivity index (χ1n) is 12.4. The number of amides is 2. The zero-order chi connectivity index (χ0) is 26.9. The van der Waals surface area contributed by atoms with Gasteiger partial charge in [0.25, 0.3) is 0 Å². The summed E-state index contributed by atoms with van der Waals surface area (Å²) in [6.45, 7) is 2.45. The predicted octanol–water partition coefficient (Wildman–Crippen LogP) is 3.94. The van der Waals surface area contributed by atoms with Gasteiger partial charge in [0.2, 0.25) is 5.13 Å². The van der Waals surface area contributed by atoms with Crippen molar-refractivity contribution in [1.82, 2.24) is 19.3 Å². The average Bonchev–Trinajstić information content (AvgIpc) is 3.65. The number of urea groups is 1. The van der Waals surface area contributed by atoms with E-state index in [0.29, 0.717) is 72.9 Å². The Kier molecular flexibility index (Phi) is 6.71. The normalized spacial score (nSPS) is 16.5. The van der Waals surface area contributed by atoms with Crippen LogP contribution in [0.5, 0.6) is 0 Å². The van der Waals surface area contributed by atoms with Gasteiger partial charge in [0, 0.05) is 41.9 Å². The highest BCUT2D eigenvalue weighted by Gasteiger charge is 2.58. The third-order valence-electron chi connectivity index (χ3n) is 6.77. The van der Waals surface area contributed by atoms with E-state index >= 15 is 0 Å². The van der Waals surface area contributed by atoms with E-state index in [0.717, 1.165) is 11.5 Å². The molecule has 0 radical (unpaired) electrons. The Morgan fingerprint density at radius 1 is 0.974 bits per heavy atom. The first-order chi connectivity index (χ1) is 18.9. The van der Waals surface area contributed by atoms with E-state index < -0.39 is 20.6 Å². The van der Waals surface area contributed by atoms with E-state index in [1.807, 2.05) is 6.07 Å². The Morgan fingerprint density at radius 2 is 1.72 bits per heavy atom. The summed E-state index contributed by atoms with van der Waals surface area (Å²) in [4.78, 5) is 28.2. The molecule has 4 aromatic rings. The molecule has 1 saturated heterocycles. The number of rotatable bonds is 7. The highest BCUT2D eigenvalue weighted by Crippen LogP contribution is 2.55. The van der Waals surface area contributed by atoms with Gasteiger partial charge < -0.3 is 15.0 Å². The summed E-state index contributed by atoms with van der Waals surface area (Å²) in [5, 5.41) is 5.76. The van der Waals surface area contributed by atoms with E-state index in [9.17, 15) is 13.2 Å². The first kappa shape index (κ1) is 25.3. The van der Waals surface area contributed by atoms with Crippen molar-refractivity contribution in [3.63, 3.8) is 0 Å². The van der Waals surface area contributed by atoms with Crippen molar-refractivity contribution < 1.29 is 17.9 Å². The van der Waals surface area contributed by atoms with Crippen LogP contribution in [0.4, 0.5) is 21.4 Å². The molecule has 0 bridgehead atoms. The van der Waals surface area contributed by atoms with Crippen molar-refractivity contribution >= 4 is 44.0 Å². The lowest BCUT2D eigenvalue weighted by Gasteiger charge is -2.29. The number of carbonyl (C=O) groups is 1. The maximum absolute atomic E-state index is 13.8. The molecule has 13 heteroatoms. The molecule has 39 heavy (non-hydrogen) atoms. The van der Waals surface area contributed by atoms with Crippen LogP contribution in [0.3, 0.4) is 0 Å². The molecular weight excluding hydrogens is 538 g/mol. The predicted molar refractivity (Wildman–Crippen MR) is 148 cm³/mol. The number of carbonyl (C=O) groups excluding carboxylic acids is 1. The second-order valence-electron chi connectivity index (χ2n) is 9.25. The van der Waals surface area contributed by atoms with Gasteiger partial charge in [-0.25, -0.2) is 28.2 Å². The summed E-state index contributed by atoms with van der Waals surface area (Å²) in [6.07, 6.45) is 2.36. The first-order valence-corrected chi connectivity index (χ1v) is 14.7. The van der Waals surface area contributed by atoms with E-state index in [4.69, 9.17) is 14.7 Å². The maximum atomic E-state index is 13.8. The van der Waals surface area contributed by atoms with E-state index in [2.05, 4.69) is 24.9 Å². The van der Waals surface area contributed by atoms with Gasteiger partial charge in [-0.1, -0.05) is 18.2 Å². The van der Waals surface area contributed by atoms with Gasteiger partial charge in [-0.2, -0.15) is 4.37 Å². The zero-order valence-electron chi connectivity index (χ0n) is 20.8. The molecule has 2 aliphatic rings.